The number of hydrogen-bond donors (Lipinski definition) is 1. The van der Waals surface area contributed by atoms with Crippen molar-refractivity contribution in [2.24, 2.45) is 11.7 Å². The Labute approximate surface area is 120 Å². The predicted molar refractivity (Wildman–Crippen MR) is 75.1 cm³/mol. The van der Waals surface area contributed by atoms with Crippen molar-refractivity contribution in [3.05, 3.63) is 0 Å². The summed E-state index contributed by atoms with van der Waals surface area (Å²) in [6, 6.07) is -0.453. The van der Waals surface area contributed by atoms with E-state index in [2.05, 4.69) is 0 Å². The molecule has 1 saturated heterocycles. The standard InChI is InChI=1S/C12H23N3O3.ClH/c1-9(2)11(13)12(17)15-6-4-14(5-7-15)10(16)8-18-3;/h9,11H,4-8,13H2,1-3H3;1H/t11-;/m0./s1. The number of carbonyl (C=O) groups excluding carboxylic acids is 2. The second-order valence-corrected chi connectivity index (χ2v) is 4.91. The van der Waals surface area contributed by atoms with E-state index in [1.165, 1.54) is 7.11 Å². The second-order valence-electron chi connectivity index (χ2n) is 4.91. The molecule has 0 aromatic heterocycles. The summed E-state index contributed by atoms with van der Waals surface area (Å²) in [6.07, 6.45) is 0. The fourth-order valence-electron chi connectivity index (χ4n) is 1.89. The first-order valence-electron chi connectivity index (χ1n) is 6.28. The molecule has 0 aromatic carbocycles. The highest BCUT2D eigenvalue weighted by Crippen LogP contribution is 2.08. The summed E-state index contributed by atoms with van der Waals surface area (Å²) >= 11 is 0. The third-order valence-electron chi connectivity index (χ3n) is 3.22. The largest absolute Gasteiger partial charge is 0.375 e. The van der Waals surface area contributed by atoms with Crippen LogP contribution < -0.4 is 5.73 Å². The molecule has 0 unspecified atom stereocenters. The molecule has 1 heterocycles. The van der Waals surface area contributed by atoms with Crippen molar-refractivity contribution in [1.29, 1.82) is 0 Å². The van der Waals surface area contributed by atoms with Crippen molar-refractivity contribution in [1.82, 2.24) is 9.80 Å². The molecule has 112 valence electrons. The van der Waals surface area contributed by atoms with Gasteiger partial charge in [-0.25, -0.2) is 0 Å². The Balaban J connectivity index is 0.00000324. The molecule has 6 nitrogen and oxygen atoms in total. The van der Waals surface area contributed by atoms with Crippen LogP contribution in [0.1, 0.15) is 13.8 Å². The minimum Gasteiger partial charge on any atom is -0.375 e. The Morgan fingerprint density at radius 3 is 2.05 bits per heavy atom. The summed E-state index contributed by atoms with van der Waals surface area (Å²) in [5, 5.41) is 0. The van der Waals surface area contributed by atoms with Gasteiger partial charge in [0, 0.05) is 33.3 Å². The molecular weight excluding hydrogens is 270 g/mol. The smallest absolute Gasteiger partial charge is 0.248 e. The number of ether oxygens (including phenoxy) is 1. The zero-order chi connectivity index (χ0) is 13.7. The van der Waals surface area contributed by atoms with Gasteiger partial charge in [-0.1, -0.05) is 13.8 Å². The van der Waals surface area contributed by atoms with Gasteiger partial charge >= 0.3 is 0 Å². The number of rotatable bonds is 4. The minimum absolute atomic E-state index is 0. The Bertz CT molecular complexity index is 305. The molecule has 0 aromatic rings. The van der Waals surface area contributed by atoms with E-state index in [1.807, 2.05) is 13.8 Å². The number of piperazine rings is 1. The van der Waals surface area contributed by atoms with Crippen LogP contribution in [-0.4, -0.2) is 67.6 Å². The van der Waals surface area contributed by atoms with Crippen LogP contribution >= 0.6 is 12.4 Å². The maximum Gasteiger partial charge on any atom is 0.248 e. The molecule has 2 N–H and O–H groups in total. The number of carbonyl (C=O) groups is 2. The predicted octanol–water partition coefficient (Wildman–Crippen LogP) is -0.291. The first-order valence-corrected chi connectivity index (χ1v) is 6.28. The van der Waals surface area contributed by atoms with Crippen molar-refractivity contribution in [2.45, 2.75) is 19.9 Å². The van der Waals surface area contributed by atoms with Gasteiger partial charge in [0.05, 0.1) is 6.04 Å². The Hall–Kier alpha value is -0.850. The monoisotopic (exact) mass is 293 g/mol. The Morgan fingerprint density at radius 1 is 1.16 bits per heavy atom. The average Bonchev–Trinajstić information content (AvgIpc) is 2.37. The Kier molecular flexibility index (Phi) is 7.97. The highest BCUT2D eigenvalue weighted by Gasteiger charge is 2.28. The normalized spacial score (nSPS) is 17.1. The van der Waals surface area contributed by atoms with Crippen LogP contribution in [0.2, 0.25) is 0 Å². The van der Waals surface area contributed by atoms with Crippen LogP contribution in [-0.2, 0) is 14.3 Å². The third kappa shape index (κ3) is 4.97. The van der Waals surface area contributed by atoms with E-state index in [-0.39, 0.29) is 36.7 Å². The highest BCUT2D eigenvalue weighted by molar-refractivity contribution is 5.85. The average molecular weight is 294 g/mol. The number of methoxy groups -OCH3 is 1. The lowest BCUT2D eigenvalue weighted by atomic mass is 10.0. The van der Waals surface area contributed by atoms with Gasteiger partial charge in [-0.3, -0.25) is 9.59 Å². The molecular formula is C12H24ClN3O3. The van der Waals surface area contributed by atoms with Crippen LogP contribution in [0.5, 0.6) is 0 Å². The first-order chi connectivity index (χ1) is 8.47. The van der Waals surface area contributed by atoms with Crippen LogP contribution in [0.25, 0.3) is 0 Å². The summed E-state index contributed by atoms with van der Waals surface area (Å²) < 4.78 is 4.81. The van der Waals surface area contributed by atoms with Gasteiger partial charge in [-0.15, -0.1) is 12.4 Å². The van der Waals surface area contributed by atoms with Gasteiger partial charge in [0.1, 0.15) is 6.61 Å². The molecule has 2 amide bonds. The maximum atomic E-state index is 12.0. The molecule has 0 bridgehead atoms. The fraction of sp³-hybridized carbons (Fsp3) is 0.833. The van der Waals surface area contributed by atoms with Gasteiger partial charge in [-0.05, 0) is 5.92 Å². The topological polar surface area (TPSA) is 75.9 Å². The zero-order valence-electron chi connectivity index (χ0n) is 11.8. The molecule has 1 rings (SSSR count). The number of halogens is 1. The van der Waals surface area contributed by atoms with Crippen molar-refractivity contribution in [3.63, 3.8) is 0 Å². The van der Waals surface area contributed by atoms with E-state index in [9.17, 15) is 9.59 Å². The highest BCUT2D eigenvalue weighted by atomic mass is 35.5. The van der Waals surface area contributed by atoms with E-state index in [1.54, 1.807) is 9.80 Å². The summed E-state index contributed by atoms with van der Waals surface area (Å²) in [6.45, 7) is 6.17. The van der Waals surface area contributed by atoms with Crippen LogP contribution in [0.3, 0.4) is 0 Å². The minimum atomic E-state index is -0.453. The summed E-state index contributed by atoms with van der Waals surface area (Å²) in [7, 11) is 1.50. The van der Waals surface area contributed by atoms with E-state index >= 15 is 0 Å². The molecule has 1 fully saturated rings. The molecule has 7 heteroatoms. The molecule has 0 aliphatic carbocycles. The van der Waals surface area contributed by atoms with Gasteiger partial charge in [0.2, 0.25) is 11.8 Å². The van der Waals surface area contributed by atoms with Crippen LogP contribution in [0.4, 0.5) is 0 Å². The zero-order valence-corrected chi connectivity index (χ0v) is 12.6. The number of hydrogen-bond acceptors (Lipinski definition) is 4. The first kappa shape index (κ1) is 18.1. The number of nitrogens with zero attached hydrogens (tertiary/aromatic N) is 2. The van der Waals surface area contributed by atoms with Gasteiger partial charge in [0.15, 0.2) is 0 Å². The maximum absolute atomic E-state index is 12.0. The van der Waals surface area contributed by atoms with Gasteiger partial charge in [-0.2, -0.15) is 0 Å². The molecule has 1 atom stereocenters. The summed E-state index contributed by atoms with van der Waals surface area (Å²) in [5.74, 6) is 0.0762. The molecule has 1 aliphatic heterocycles. The van der Waals surface area contributed by atoms with Crippen molar-refractivity contribution in [2.75, 3.05) is 39.9 Å². The quantitative estimate of drug-likeness (QED) is 0.773. The van der Waals surface area contributed by atoms with Crippen molar-refractivity contribution < 1.29 is 14.3 Å². The van der Waals surface area contributed by atoms with E-state index in [4.69, 9.17) is 10.5 Å². The summed E-state index contributed by atoms with van der Waals surface area (Å²) in [4.78, 5) is 27.1. The Morgan fingerprint density at radius 2 is 1.63 bits per heavy atom. The van der Waals surface area contributed by atoms with Crippen molar-refractivity contribution >= 4 is 24.2 Å². The van der Waals surface area contributed by atoms with Crippen molar-refractivity contribution in [3.8, 4) is 0 Å². The third-order valence-corrected chi connectivity index (χ3v) is 3.22. The van der Waals surface area contributed by atoms with Gasteiger partial charge < -0.3 is 20.3 Å². The number of nitrogens with two attached hydrogens (primary N) is 1. The summed E-state index contributed by atoms with van der Waals surface area (Å²) in [5.41, 5.74) is 5.84. The van der Waals surface area contributed by atoms with E-state index in [0.29, 0.717) is 26.2 Å². The lowest BCUT2D eigenvalue weighted by molar-refractivity contribution is -0.142. The molecule has 0 saturated carbocycles. The second kappa shape index (κ2) is 8.35. The van der Waals surface area contributed by atoms with E-state index in [0.717, 1.165) is 0 Å². The molecule has 0 spiro atoms. The lowest BCUT2D eigenvalue weighted by Gasteiger charge is -2.36. The number of amides is 2. The molecule has 1 aliphatic rings. The molecule has 0 radical (unpaired) electrons. The van der Waals surface area contributed by atoms with E-state index < -0.39 is 6.04 Å². The van der Waals surface area contributed by atoms with Crippen LogP contribution in [0, 0.1) is 5.92 Å². The fourth-order valence-corrected chi connectivity index (χ4v) is 1.89. The lowest BCUT2D eigenvalue weighted by Crippen LogP contribution is -2.55. The molecule has 19 heavy (non-hydrogen) atoms. The van der Waals surface area contributed by atoms with Crippen LogP contribution in [0.15, 0.2) is 0 Å². The van der Waals surface area contributed by atoms with Gasteiger partial charge in [0.25, 0.3) is 0 Å². The SMILES string of the molecule is COCC(=O)N1CCN(C(=O)[C@@H](N)C(C)C)CC1.Cl.